The maximum absolute atomic E-state index is 13.4. The fraction of sp³-hybridized carbons (Fsp3) is 0.200. The van der Waals surface area contributed by atoms with Crippen LogP contribution in [0.3, 0.4) is 0 Å². The van der Waals surface area contributed by atoms with Crippen LogP contribution in [0.5, 0.6) is 0 Å². The predicted molar refractivity (Wildman–Crippen MR) is 132 cm³/mol. The minimum atomic E-state index is -0.487. The first-order valence-corrected chi connectivity index (χ1v) is 11.2. The highest BCUT2D eigenvalue weighted by Gasteiger charge is 2.12. The van der Waals surface area contributed by atoms with E-state index < -0.39 is 11.7 Å². The average Bonchev–Trinajstić information content (AvgIpc) is 3.20. The summed E-state index contributed by atoms with van der Waals surface area (Å²) in [5.74, 6) is -0.972. The van der Waals surface area contributed by atoms with Crippen molar-refractivity contribution < 1.29 is 9.18 Å². The first-order chi connectivity index (χ1) is 15.9. The number of carbonyl (C=O) groups excluding carboxylic acids is 1. The molecule has 0 bridgehead atoms. The van der Waals surface area contributed by atoms with Crippen LogP contribution in [-0.2, 0) is 6.42 Å². The van der Waals surface area contributed by atoms with Crippen LogP contribution in [0.15, 0.2) is 60.7 Å². The zero-order valence-corrected chi connectivity index (χ0v) is 19.2. The van der Waals surface area contributed by atoms with E-state index in [0.29, 0.717) is 11.2 Å². The van der Waals surface area contributed by atoms with E-state index in [0.717, 1.165) is 29.3 Å². The first kappa shape index (κ1) is 22.5. The lowest BCUT2D eigenvalue weighted by Crippen LogP contribution is -2.34. The Labute approximate surface area is 196 Å². The molecule has 0 aliphatic heterocycles. The molecule has 0 saturated heterocycles. The molecule has 8 heteroatoms. The van der Waals surface area contributed by atoms with Crippen LogP contribution in [0.1, 0.15) is 41.3 Å². The molecule has 0 unspecified atom stereocenters. The molecule has 0 saturated carbocycles. The summed E-state index contributed by atoms with van der Waals surface area (Å²) in [6.45, 7) is 4.10. The zero-order chi connectivity index (χ0) is 23.4. The molecule has 3 aromatic carbocycles. The number of benzene rings is 3. The van der Waals surface area contributed by atoms with Crippen molar-refractivity contribution in [1.82, 2.24) is 20.3 Å². The fourth-order valence-electron chi connectivity index (χ4n) is 3.45. The molecule has 168 valence electrons. The highest BCUT2D eigenvalue weighted by Crippen LogP contribution is 2.22. The number of unbranched alkanes of at least 4 members (excludes halogenated alkanes) is 1. The van der Waals surface area contributed by atoms with Gasteiger partial charge in [0, 0.05) is 11.3 Å². The van der Waals surface area contributed by atoms with Crippen LogP contribution in [0, 0.1) is 12.7 Å². The van der Waals surface area contributed by atoms with Crippen molar-refractivity contribution in [3.63, 3.8) is 0 Å². The number of fused-ring (bicyclic) bond motifs is 1. The molecule has 0 fully saturated rings. The second-order valence-corrected chi connectivity index (χ2v) is 8.24. The smallest absolute Gasteiger partial charge is 0.257 e. The average molecular weight is 462 g/mol. The van der Waals surface area contributed by atoms with Crippen LogP contribution in [0.4, 0.5) is 10.1 Å². The van der Waals surface area contributed by atoms with Gasteiger partial charge in [-0.1, -0.05) is 31.5 Å². The molecule has 4 aromatic rings. The summed E-state index contributed by atoms with van der Waals surface area (Å²) < 4.78 is 13.4. The Balaban J connectivity index is 1.49. The van der Waals surface area contributed by atoms with Crippen LogP contribution < -0.4 is 10.6 Å². The van der Waals surface area contributed by atoms with Gasteiger partial charge in [-0.25, -0.2) is 4.39 Å². The van der Waals surface area contributed by atoms with Crippen molar-refractivity contribution in [1.29, 1.82) is 0 Å². The summed E-state index contributed by atoms with van der Waals surface area (Å²) in [5, 5.41) is 14.9. The van der Waals surface area contributed by atoms with Gasteiger partial charge in [-0.05, 0) is 85.6 Å². The van der Waals surface area contributed by atoms with Crippen molar-refractivity contribution in [2.75, 3.05) is 5.32 Å². The fourth-order valence-corrected chi connectivity index (χ4v) is 3.66. The van der Waals surface area contributed by atoms with E-state index in [-0.39, 0.29) is 10.7 Å². The van der Waals surface area contributed by atoms with Gasteiger partial charge in [-0.15, -0.1) is 10.2 Å². The molecule has 0 aliphatic carbocycles. The lowest BCUT2D eigenvalue weighted by molar-refractivity contribution is 0.0977. The zero-order valence-electron chi connectivity index (χ0n) is 18.4. The number of aryl methyl sites for hydroxylation is 2. The third-order valence-electron chi connectivity index (χ3n) is 5.27. The second-order valence-electron chi connectivity index (χ2n) is 7.83. The van der Waals surface area contributed by atoms with Gasteiger partial charge in [-0.3, -0.25) is 10.1 Å². The van der Waals surface area contributed by atoms with Gasteiger partial charge in [0.1, 0.15) is 16.9 Å². The largest absolute Gasteiger partial charge is 0.332 e. The number of nitrogens with zero attached hydrogens (tertiary/aromatic N) is 3. The van der Waals surface area contributed by atoms with E-state index in [1.807, 2.05) is 31.2 Å². The van der Waals surface area contributed by atoms with Crippen LogP contribution in [0.2, 0.25) is 0 Å². The number of hydrogen-bond acceptors (Lipinski definition) is 4. The summed E-state index contributed by atoms with van der Waals surface area (Å²) >= 11 is 5.27. The number of carbonyl (C=O) groups is 1. The van der Waals surface area contributed by atoms with Gasteiger partial charge in [0.2, 0.25) is 0 Å². The number of rotatable bonds is 6. The van der Waals surface area contributed by atoms with Crippen molar-refractivity contribution in [2.24, 2.45) is 0 Å². The number of aromatic nitrogens is 3. The SMILES string of the molecule is CCCCc1ccc(-n2nc3cc(C)c(NC(=S)NC(=O)c4cccc(F)c4)cc3n2)cc1. The predicted octanol–water partition coefficient (Wildman–Crippen LogP) is 5.34. The Hall–Kier alpha value is -3.65. The molecule has 1 aromatic heterocycles. The van der Waals surface area contributed by atoms with Crippen LogP contribution in [-0.4, -0.2) is 26.0 Å². The lowest BCUT2D eigenvalue weighted by Gasteiger charge is -2.11. The van der Waals surface area contributed by atoms with Gasteiger partial charge in [0.25, 0.3) is 5.91 Å². The summed E-state index contributed by atoms with van der Waals surface area (Å²) in [6, 6.07) is 17.4. The third kappa shape index (κ3) is 5.40. The molecule has 6 nitrogen and oxygen atoms in total. The van der Waals surface area contributed by atoms with Crippen LogP contribution >= 0.6 is 12.2 Å². The monoisotopic (exact) mass is 461 g/mol. The van der Waals surface area contributed by atoms with E-state index in [1.54, 1.807) is 4.80 Å². The normalized spacial score (nSPS) is 10.9. The molecule has 2 N–H and O–H groups in total. The molecule has 0 aliphatic rings. The number of halogens is 1. The number of thiocarbonyl (C=S) groups is 1. The van der Waals surface area contributed by atoms with Gasteiger partial charge in [-0.2, -0.15) is 4.80 Å². The molecule has 0 radical (unpaired) electrons. The van der Waals surface area contributed by atoms with E-state index in [1.165, 1.54) is 36.6 Å². The van der Waals surface area contributed by atoms with E-state index in [9.17, 15) is 9.18 Å². The Kier molecular flexibility index (Phi) is 6.74. The Morgan fingerprint density at radius 1 is 1.06 bits per heavy atom. The molecular formula is C25H24FN5OS. The topological polar surface area (TPSA) is 71.8 Å². The van der Waals surface area contributed by atoms with E-state index >= 15 is 0 Å². The van der Waals surface area contributed by atoms with E-state index in [4.69, 9.17) is 12.2 Å². The molecule has 1 amide bonds. The van der Waals surface area contributed by atoms with Crippen molar-refractivity contribution in [3.05, 3.63) is 83.2 Å². The highest BCUT2D eigenvalue weighted by atomic mass is 32.1. The summed E-state index contributed by atoms with van der Waals surface area (Å²) in [5.41, 5.74) is 5.42. The van der Waals surface area contributed by atoms with Crippen LogP contribution in [0.25, 0.3) is 16.7 Å². The summed E-state index contributed by atoms with van der Waals surface area (Å²) in [4.78, 5) is 13.9. The van der Waals surface area contributed by atoms with Gasteiger partial charge in [0.15, 0.2) is 5.11 Å². The number of anilines is 1. The highest BCUT2D eigenvalue weighted by molar-refractivity contribution is 7.80. The van der Waals surface area contributed by atoms with Gasteiger partial charge >= 0.3 is 0 Å². The van der Waals surface area contributed by atoms with Gasteiger partial charge < -0.3 is 5.32 Å². The first-order valence-electron chi connectivity index (χ1n) is 10.8. The molecule has 4 rings (SSSR count). The quantitative estimate of drug-likeness (QED) is 0.380. The summed E-state index contributed by atoms with van der Waals surface area (Å²) in [6.07, 6.45) is 3.40. The minimum Gasteiger partial charge on any atom is -0.332 e. The Morgan fingerprint density at radius 2 is 1.79 bits per heavy atom. The number of hydrogen-bond donors (Lipinski definition) is 2. The van der Waals surface area contributed by atoms with E-state index in [2.05, 4.69) is 39.9 Å². The van der Waals surface area contributed by atoms with Crippen molar-refractivity contribution in [3.8, 4) is 5.69 Å². The van der Waals surface area contributed by atoms with Crippen molar-refractivity contribution >= 4 is 40.0 Å². The maximum Gasteiger partial charge on any atom is 0.257 e. The molecule has 0 spiro atoms. The number of amides is 1. The summed E-state index contributed by atoms with van der Waals surface area (Å²) in [7, 11) is 0. The maximum atomic E-state index is 13.4. The second kappa shape index (κ2) is 9.87. The molecule has 33 heavy (non-hydrogen) atoms. The van der Waals surface area contributed by atoms with Crippen molar-refractivity contribution in [2.45, 2.75) is 33.1 Å². The molecular weight excluding hydrogens is 437 g/mol. The minimum absolute atomic E-state index is 0.113. The van der Waals surface area contributed by atoms with Gasteiger partial charge in [0.05, 0.1) is 5.69 Å². The Morgan fingerprint density at radius 3 is 2.48 bits per heavy atom. The molecule has 0 atom stereocenters. The Bertz CT molecular complexity index is 1320. The molecule has 1 heterocycles. The standard InChI is InChI=1S/C25H24FN5OS/c1-3-4-6-17-9-11-20(12-10-17)31-29-22-13-16(2)21(15-23(22)30-31)27-25(33)28-24(32)18-7-5-8-19(26)14-18/h5,7-15H,3-4,6H2,1-2H3,(H2,27,28,32,33). The third-order valence-corrected chi connectivity index (χ3v) is 5.48. The lowest BCUT2D eigenvalue weighted by atomic mass is 10.1. The number of nitrogens with one attached hydrogen (secondary N) is 2.